The molecular weight excluding hydrogens is 393 g/mol. The lowest BCUT2D eigenvalue weighted by molar-refractivity contribution is -0.134. The number of halogens is 1. The van der Waals surface area contributed by atoms with Crippen LogP contribution in [0.25, 0.3) is 0 Å². The van der Waals surface area contributed by atoms with E-state index in [-0.39, 0.29) is 18.1 Å². The van der Waals surface area contributed by atoms with E-state index in [1.807, 2.05) is 5.38 Å². The third-order valence-electron chi connectivity index (χ3n) is 4.04. The van der Waals surface area contributed by atoms with Gasteiger partial charge in [-0.3, -0.25) is 14.4 Å². The second kappa shape index (κ2) is 9.75. The summed E-state index contributed by atoms with van der Waals surface area (Å²) in [5, 5.41) is 4.57. The van der Waals surface area contributed by atoms with E-state index in [2.05, 4.69) is 5.32 Å². The summed E-state index contributed by atoms with van der Waals surface area (Å²) >= 11 is 1.36. The van der Waals surface area contributed by atoms with Gasteiger partial charge in [0.15, 0.2) is 5.78 Å². The highest BCUT2D eigenvalue weighted by Gasteiger charge is 2.11. The number of benzene rings is 2. The molecule has 5 nitrogen and oxygen atoms in total. The van der Waals surface area contributed by atoms with Gasteiger partial charge in [0.1, 0.15) is 11.6 Å². The van der Waals surface area contributed by atoms with Crippen LogP contribution in [0.15, 0.2) is 66.0 Å². The molecule has 0 bridgehead atoms. The Morgan fingerprint density at radius 2 is 1.59 bits per heavy atom. The first-order valence-electron chi connectivity index (χ1n) is 8.95. The fourth-order valence-electron chi connectivity index (χ4n) is 2.55. The van der Waals surface area contributed by atoms with Gasteiger partial charge in [0.25, 0.3) is 5.91 Å². The Labute approximate surface area is 171 Å². The van der Waals surface area contributed by atoms with Crippen molar-refractivity contribution in [3.8, 4) is 5.75 Å². The molecule has 29 heavy (non-hydrogen) atoms. The van der Waals surface area contributed by atoms with E-state index in [1.54, 1.807) is 24.3 Å². The summed E-state index contributed by atoms with van der Waals surface area (Å²) < 4.78 is 18.2. The number of ketones is 1. The lowest BCUT2D eigenvalue weighted by Gasteiger charge is -2.06. The first kappa shape index (κ1) is 20.4. The van der Waals surface area contributed by atoms with Gasteiger partial charge >= 0.3 is 5.97 Å². The van der Waals surface area contributed by atoms with Gasteiger partial charge in [-0.25, -0.2) is 4.39 Å². The van der Waals surface area contributed by atoms with Crippen LogP contribution >= 0.6 is 11.3 Å². The highest BCUT2D eigenvalue weighted by molar-refractivity contribution is 7.12. The maximum Gasteiger partial charge on any atom is 0.311 e. The molecule has 0 aliphatic rings. The summed E-state index contributed by atoms with van der Waals surface area (Å²) in [6.07, 6.45) is 0.609. The van der Waals surface area contributed by atoms with E-state index in [4.69, 9.17) is 4.74 Å². The molecule has 0 atom stereocenters. The third kappa shape index (κ3) is 5.83. The predicted molar refractivity (Wildman–Crippen MR) is 108 cm³/mol. The number of thiophene rings is 1. The molecule has 148 valence electrons. The summed E-state index contributed by atoms with van der Waals surface area (Å²) in [6, 6.07) is 15.0. The number of ether oxygens (including phenoxy) is 1. The number of rotatable bonds is 8. The van der Waals surface area contributed by atoms with Crippen LogP contribution < -0.4 is 10.1 Å². The molecule has 0 radical (unpaired) electrons. The molecule has 3 aromatic rings. The minimum atomic E-state index is -0.423. The molecule has 2 aromatic carbocycles. The average molecular weight is 411 g/mol. The van der Waals surface area contributed by atoms with Crippen molar-refractivity contribution >= 4 is 29.0 Å². The maximum atomic E-state index is 13.0. The van der Waals surface area contributed by atoms with Crippen molar-refractivity contribution in [3.63, 3.8) is 0 Å². The quantitative estimate of drug-likeness (QED) is 0.261. The summed E-state index contributed by atoms with van der Waals surface area (Å²) in [4.78, 5) is 36.7. The Morgan fingerprint density at radius 3 is 2.21 bits per heavy atom. The van der Waals surface area contributed by atoms with Crippen LogP contribution in [0.1, 0.15) is 38.4 Å². The van der Waals surface area contributed by atoms with E-state index < -0.39 is 11.8 Å². The summed E-state index contributed by atoms with van der Waals surface area (Å²) in [5.41, 5.74) is 0.786. The summed E-state index contributed by atoms with van der Waals surface area (Å²) in [6.45, 7) is 0.372. The lowest BCUT2D eigenvalue weighted by atomic mass is 10.0. The van der Waals surface area contributed by atoms with E-state index in [9.17, 15) is 18.8 Å². The van der Waals surface area contributed by atoms with Crippen molar-refractivity contribution in [2.75, 3.05) is 6.54 Å². The van der Waals surface area contributed by atoms with Crippen molar-refractivity contribution in [1.29, 1.82) is 0 Å². The zero-order valence-corrected chi connectivity index (χ0v) is 16.2. The van der Waals surface area contributed by atoms with Crippen LogP contribution in [0, 0.1) is 5.82 Å². The van der Waals surface area contributed by atoms with Gasteiger partial charge in [-0.2, -0.15) is 0 Å². The van der Waals surface area contributed by atoms with Gasteiger partial charge in [0.05, 0.1) is 4.88 Å². The van der Waals surface area contributed by atoms with E-state index in [1.165, 1.54) is 47.7 Å². The van der Waals surface area contributed by atoms with E-state index in [0.717, 1.165) is 0 Å². The standard InChI is InChI=1S/C22H18FNO4S/c23-17-9-5-15(6-10-17)21(26)16-7-11-18(12-8-16)28-20(25)4-1-13-24-22(27)19-3-2-14-29-19/h2-3,5-12,14H,1,4,13H2,(H,24,27). The Hall–Kier alpha value is -3.32. The number of hydrogen-bond donors (Lipinski definition) is 1. The van der Waals surface area contributed by atoms with Gasteiger partial charge in [-0.1, -0.05) is 6.07 Å². The monoisotopic (exact) mass is 411 g/mol. The topological polar surface area (TPSA) is 72.5 Å². The number of amides is 1. The molecule has 0 unspecified atom stereocenters. The van der Waals surface area contributed by atoms with E-state index >= 15 is 0 Å². The van der Waals surface area contributed by atoms with Crippen LogP contribution in [0.5, 0.6) is 5.75 Å². The first-order valence-corrected chi connectivity index (χ1v) is 9.83. The highest BCUT2D eigenvalue weighted by atomic mass is 32.1. The fourth-order valence-corrected chi connectivity index (χ4v) is 3.19. The molecule has 1 heterocycles. The van der Waals surface area contributed by atoms with Crippen LogP contribution in [0.3, 0.4) is 0 Å². The van der Waals surface area contributed by atoms with Crippen molar-refractivity contribution in [3.05, 3.63) is 87.9 Å². The number of carbonyl (C=O) groups excluding carboxylic acids is 3. The van der Waals surface area contributed by atoms with E-state index in [0.29, 0.717) is 34.7 Å². The van der Waals surface area contributed by atoms with Gasteiger partial charge in [-0.15, -0.1) is 11.3 Å². The molecule has 7 heteroatoms. The SMILES string of the molecule is O=C(CCCNC(=O)c1cccs1)Oc1ccc(C(=O)c2ccc(F)cc2)cc1. The van der Waals surface area contributed by atoms with Crippen LogP contribution in [-0.2, 0) is 4.79 Å². The Kier molecular flexibility index (Phi) is 6.86. The predicted octanol–water partition coefficient (Wildman–Crippen LogP) is 4.23. The Bertz CT molecular complexity index is 983. The first-order chi connectivity index (χ1) is 14.0. The number of esters is 1. The summed E-state index contributed by atoms with van der Waals surface area (Å²) in [7, 11) is 0. The molecular formula is C22H18FNO4S. The average Bonchev–Trinajstić information content (AvgIpc) is 3.27. The van der Waals surface area contributed by atoms with Crippen LogP contribution in [0.4, 0.5) is 4.39 Å². The molecule has 0 saturated heterocycles. The molecule has 0 spiro atoms. The zero-order chi connectivity index (χ0) is 20.6. The van der Waals surface area contributed by atoms with Gasteiger partial charge in [-0.05, 0) is 66.4 Å². The normalized spacial score (nSPS) is 10.4. The highest BCUT2D eigenvalue weighted by Crippen LogP contribution is 2.16. The Balaban J connectivity index is 1.44. The molecule has 1 amide bonds. The van der Waals surface area contributed by atoms with Gasteiger partial charge < -0.3 is 10.1 Å². The van der Waals surface area contributed by atoms with Gasteiger partial charge in [0, 0.05) is 24.1 Å². The van der Waals surface area contributed by atoms with Crippen molar-refractivity contribution < 1.29 is 23.5 Å². The van der Waals surface area contributed by atoms with Crippen LogP contribution in [-0.4, -0.2) is 24.2 Å². The third-order valence-corrected chi connectivity index (χ3v) is 4.91. The van der Waals surface area contributed by atoms with Crippen LogP contribution in [0.2, 0.25) is 0 Å². The molecule has 3 rings (SSSR count). The number of hydrogen-bond acceptors (Lipinski definition) is 5. The van der Waals surface area contributed by atoms with Gasteiger partial charge in [0.2, 0.25) is 0 Å². The second-order valence-electron chi connectivity index (χ2n) is 6.17. The smallest absolute Gasteiger partial charge is 0.311 e. The zero-order valence-electron chi connectivity index (χ0n) is 15.4. The molecule has 0 aliphatic carbocycles. The number of carbonyl (C=O) groups is 3. The van der Waals surface area contributed by atoms with Crippen molar-refractivity contribution in [2.45, 2.75) is 12.8 Å². The molecule has 1 N–H and O–H groups in total. The molecule has 0 aliphatic heterocycles. The van der Waals surface area contributed by atoms with Crippen molar-refractivity contribution in [1.82, 2.24) is 5.32 Å². The fraction of sp³-hybridized carbons (Fsp3) is 0.136. The van der Waals surface area contributed by atoms with Crippen molar-refractivity contribution in [2.24, 2.45) is 0 Å². The second-order valence-corrected chi connectivity index (χ2v) is 7.12. The largest absolute Gasteiger partial charge is 0.427 e. The summed E-state index contributed by atoms with van der Waals surface area (Å²) in [5.74, 6) is -0.907. The molecule has 0 fully saturated rings. The Morgan fingerprint density at radius 1 is 0.931 bits per heavy atom. The minimum absolute atomic E-state index is 0.154. The minimum Gasteiger partial charge on any atom is -0.427 e. The molecule has 0 saturated carbocycles. The lowest BCUT2D eigenvalue weighted by Crippen LogP contribution is -2.24. The molecule has 1 aromatic heterocycles. The maximum absolute atomic E-state index is 13.0. The number of nitrogens with one attached hydrogen (secondary N) is 1.